The number of amides is 1. The van der Waals surface area contributed by atoms with E-state index in [1.54, 1.807) is 0 Å². The van der Waals surface area contributed by atoms with E-state index in [2.05, 4.69) is 5.32 Å². The molecule has 1 atom stereocenters. The number of hydrogen-bond donors (Lipinski definition) is 1. The minimum Gasteiger partial charge on any atom is -0.381 e. The summed E-state index contributed by atoms with van der Waals surface area (Å²) in [6.45, 7) is 3.08. The Bertz CT molecular complexity index is 278. The lowest BCUT2D eigenvalue weighted by atomic mass is 9.66. The van der Waals surface area contributed by atoms with Gasteiger partial charge in [0.25, 0.3) is 0 Å². The van der Waals surface area contributed by atoms with E-state index < -0.39 is 0 Å². The van der Waals surface area contributed by atoms with Crippen LogP contribution in [0.1, 0.15) is 25.7 Å². The number of fused-ring (bicyclic) bond motifs is 1. The average Bonchev–Trinajstić information content (AvgIpc) is 2.77. The fraction of sp³-hybridized carbons (Fsp3) is 0.909. The van der Waals surface area contributed by atoms with Crippen LogP contribution in [0.5, 0.6) is 0 Å². The summed E-state index contributed by atoms with van der Waals surface area (Å²) in [5.41, 5.74) is 0.0344. The summed E-state index contributed by atoms with van der Waals surface area (Å²) in [4.78, 5) is 11.7. The first-order chi connectivity index (χ1) is 7.27. The van der Waals surface area contributed by atoms with Crippen LogP contribution in [0.25, 0.3) is 0 Å². The van der Waals surface area contributed by atoms with Gasteiger partial charge in [-0.2, -0.15) is 0 Å². The Kier molecular flexibility index (Phi) is 2.04. The number of rotatable bonds is 0. The third kappa shape index (κ3) is 1.24. The first-order valence-corrected chi connectivity index (χ1v) is 5.73. The minimum absolute atomic E-state index is 0.0289. The van der Waals surface area contributed by atoms with Crippen molar-refractivity contribution < 1.29 is 14.3 Å². The van der Waals surface area contributed by atoms with Gasteiger partial charge in [-0.3, -0.25) is 4.79 Å². The van der Waals surface area contributed by atoms with Gasteiger partial charge in [0.2, 0.25) is 5.91 Å². The molecule has 0 bridgehead atoms. The molecule has 0 aromatic rings. The van der Waals surface area contributed by atoms with Crippen LogP contribution in [0.2, 0.25) is 0 Å². The van der Waals surface area contributed by atoms with Gasteiger partial charge < -0.3 is 14.8 Å². The molecule has 0 aromatic carbocycles. The second-order valence-electron chi connectivity index (χ2n) is 5.00. The maximum absolute atomic E-state index is 11.7. The third-order valence-electron chi connectivity index (χ3n) is 4.34. The molecule has 1 N–H and O–H groups in total. The molecule has 4 nitrogen and oxygen atoms in total. The number of hydrogen-bond acceptors (Lipinski definition) is 3. The summed E-state index contributed by atoms with van der Waals surface area (Å²) >= 11 is 0. The predicted octanol–water partition coefficient (Wildman–Crippen LogP) is 0.462. The van der Waals surface area contributed by atoms with E-state index in [0.717, 1.165) is 45.7 Å². The molecule has 0 radical (unpaired) electrons. The monoisotopic (exact) mass is 211 g/mol. The molecule has 3 fully saturated rings. The number of carbonyl (C=O) groups is 1. The molecule has 2 spiro atoms. The Balaban J connectivity index is 1.93. The van der Waals surface area contributed by atoms with Gasteiger partial charge in [0.1, 0.15) is 0 Å². The van der Waals surface area contributed by atoms with Gasteiger partial charge in [-0.05, 0) is 19.3 Å². The van der Waals surface area contributed by atoms with Crippen molar-refractivity contribution in [3.05, 3.63) is 0 Å². The highest BCUT2D eigenvalue weighted by Gasteiger charge is 2.59. The SMILES string of the molecule is O=C1CC2(CCOC2)C2(CCOCC2)N1. The fourth-order valence-electron chi connectivity index (χ4n) is 3.42. The molecule has 1 amide bonds. The molecule has 3 aliphatic rings. The standard InChI is InChI=1S/C11H17NO3/c13-9-7-10(1-4-15-8-10)11(12-9)2-5-14-6-3-11/h1-8H2,(H,12,13). The maximum atomic E-state index is 11.7. The summed E-state index contributed by atoms with van der Waals surface area (Å²) < 4.78 is 10.9. The Morgan fingerprint density at radius 2 is 1.80 bits per heavy atom. The van der Waals surface area contributed by atoms with Crippen LogP contribution in [0.15, 0.2) is 0 Å². The molecule has 0 aromatic heterocycles. The summed E-state index contributed by atoms with van der Waals surface area (Å²) in [6.07, 6.45) is 3.56. The average molecular weight is 211 g/mol. The lowest BCUT2D eigenvalue weighted by molar-refractivity contribution is -0.120. The van der Waals surface area contributed by atoms with Crippen molar-refractivity contribution >= 4 is 5.91 Å². The van der Waals surface area contributed by atoms with E-state index in [9.17, 15) is 4.79 Å². The largest absolute Gasteiger partial charge is 0.381 e. The molecule has 0 saturated carbocycles. The Labute approximate surface area is 89.3 Å². The molecule has 0 aliphatic carbocycles. The first kappa shape index (κ1) is 9.60. The molecule has 3 rings (SSSR count). The molecule has 3 saturated heterocycles. The molecule has 15 heavy (non-hydrogen) atoms. The molecule has 3 heterocycles. The van der Waals surface area contributed by atoms with E-state index in [-0.39, 0.29) is 16.9 Å². The van der Waals surface area contributed by atoms with Crippen molar-refractivity contribution in [2.24, 2.45) is 5.41 Å². The van der Waals surface area contributed by atoms with Gasteiger partial charge in [-0.1, -0.05) is 0 Å². The maximum Gasteiger partial charge on any atom is 0.221 e. The van der Waals surface area contributed by atoms with Crippen molar-refractivity contribution in [1.29, 1.82) is 0 Å². The summed E-state index contributed by atoms with van der Waals surface area (Å²) in [5.74, 6) is 0.197. The zero-order valence-electron chi connectivity index (χ0n) is 8.88. The molecule has 4 heteroatoms. The van der Waals surface area contributed by atoms with Crippen LogP contribution >= 0.6 is 0 Å². The summed E-state index contributed by atoms with van der Waals surface area (Å²) in [6, 6.07) is 0. The summed E-state index contributed by atoms with van der Waals surface area (Å²) in [7, 11) is 0. The lowest BCUT2D eigenvalue weighted by Gasteiger charge is -2.44. The van der Waals surface area contributed by atoms with E-state index in [0.29, 0.717) is 6.42 Å². The molecular weight excluding hydrogens is 194 g/mol. The Morgan fingerprint density at radius 1 is 1.07 bits per heavy atom. The second kappa shape index (κ2) is 3.19. The van der Waals surface area contributed by atoms with Crippen LogP contribution in [0.3, 0.4) is 0 Å². The van der Waals surface area contributed by atoms with Crippen LogP contribution in [-0.4, -0.2) is 37.9 Å². The lowest BCUT2D eigenvalue weighted by Crippen LogP contribution is -2.56. The third-order valence-corrected chi connectivity index (χ3v) is 4.34. The smallest absolute Gasteiger partial charge is 0.221 e. The van der Waals surface area contributed by atoms with Gasteiger partial charge in [0.05, 0.1) is 12.1 Å². The fourth-order valence-corrected chi connectivity index (χ4v) is 3.42. The Morgan fingerprint density at radius 3 is 2.47 bits per heavy atom. The number of carbonyl (C=O) groups excluding carboxylic acids is 1. The van der Waals surface area contributed by atoms with Crippen molar-refractivity contribution in [2.75, 3.05) is 26.4 Å². The van der Waals surface area contributed by atoms with Crippen molar-refractivity contribution in [2.45, 2.75) is 31.2 Å². The number of nitrogens with one attached hydrogen (secondary N) is 1. The Hall–Kier alpha value is -0.610. The summed E-state index contributed by atoms with van der Waals surface area (Å²) in [5, 5.41) is 3.20. The van der Waals surface area contributed by atoms with E-state index >= 15 is 0 Å². The van der Waals surface area contributed by atoms with Crippen LogP contribution in [0, 0.1) is 5.41 Å². The van der Waals surface area contributed by atoms with Gasteiger partial charge in [0.15, 0.2) is 0 Å². The quantitative estimate of drug-likeness (QED) is 0.633. The zero-order chi connectivity index (χ0) is 10.4. The van der Waals surface area contributed by atoms with Crippen molar-refractivity contribution in [1.82, 2.24) is 5.32 Å². The molecule has 3 aliphatic heterocycles. The van der Waals surface area contributed by atoms with Gasteiger partial charge in [-0.25, -0.2) is 0 Å². The highest BCUT2D eigenvalue weighted by molar-refractivity contribution is 5.81. The zero-order valence-corrected chi connectivity index (χ0v) is 8.88. The van der Waals surface area contributed by atoms with Gasteiger partial charge in [0, 0.05) is 31.7 Å². The van der Waals surface area contributed by atoms with Crippen molar-refractivity contribution in [3.8, 4) is 0 Å². The van der Waals surface area contributed by atoms with Gasteiger partial charge in [-0.15, -0.1) is 0 Å². The molecule has 84 valence electrons. The topological polar surface area (TPSA) is 47.6 Å². The second-order valence-corrected chi connectivity index (χ2v) is 5.00. The van der Waals surface area contributed by atoms with E-state index in [1.165, 1.54) is 0 Å². The normalized spacial score (nSPS) is 38.8. The highest BCUT2D eigenvalue weighted by Crippen LogP contribution is 2.50. The number of ether oxygens (including phenoxy) is 2. The predicted molar refractivity (Wildman–Crippen MR) is 53.4 cm³/mol. The molecular formula is C11H17NO3. The van der Waals surface area contributed by atoms with E-state index in [1.807, 2.05) is 0 Å². The highest BCUT2D eigenvalue weighted by atomic mass is 16.5. The molecule has 1 unspecified atom stereocenters. The van der Waals surface area contributed by atoms with Crippen molar-refractivity contribution in [3.63, 3.8) is 0 Å². The van der Waals surface area contributed by atoms with Crippen LogP contribution < -0.4 is 5.32 Å². The minimum atomic E-state index is -0.0289. The first-order valence-electron chi connectivity index (χ1n) is 5.73. The van der Waals surface area contributed by atoms with Crippen LogP contribution in [-0.2, 0) is 14.3 Å². The van der Waals surface area contributed by atoms with E-state index in [4.69, 9.17) is 9.47 Å². The van der Waals surface area contributed by atoms with Crippen LogP contribution in [0.4, 0.5) is 0 Å². The van der Waals surface area contributed by atoms with Gasteiger partial charge >= 0.3 is 0 Å².